The van der Waals surface area contributed by atoms with Gasteiger partial charge in [-0.25, -0.2) is 4.39 Å². The molecule has 0 saturated carbocycles. The summed E-state index contributed by atoms with van der Waals surface area (Å²) in [6, 6.07) is 15.2. The molecule has 1 unspecified atom stereocenters. The molecular weight excluding hydrogens is 331 g/mol. The summed E-state index contributed by atoms with van der Waals surface area (Å²) < 4.78 is 13.9. The Labute approximate surface area is 131 Å². The first-order valence-electron chi connectivity index (χ1n) is 6.66. The SMILES string of the molecule is CNC(c1ccc(F)c(Br)c1)c1ccc2cccnc2c1. The first-order valence-corrected chi connectivity index (χ1v) is 7.45. The smallest absolute Gasteiger partial charge is 0.137 e. The van der Waals surface area contributed by atoms with Crippen molar-refractivity contribution in [3.63, 3.8) is 0 Å². The highest BCUT2D eigenvalue weighted by molar-refractivity contribution is 9.10. The van der Waals surface area contributed by atoms with Crippen LogP contribution < -0.4 is 5.32 Å². The van der Waals surface area contributed by atoms with Gasteiger partial charge in [-0.05, 0) is 58.4 Å². The first kappa shape index (κ1) is 14.2. The number of nitrogens with one attached hydrogen (secondary N) is 1. The van der Waals surface area contributed by atoms with Crippen molar-refractivity contribution < 1.29 is 4.39 Å². The van der Waals surface area contributed by atoms with Crippen LogP contribution in [0.15, 0.2) is 59.2 Å². The van der Waals surface area contributed by atoms with Crippen molar-refractivity contribution in [1.82, 2.24) is 10.3 Å². The molecule has 0 fully saturated rings. The molecule has 0 spiro atoms. The van der Waals surface area contributed by atoms with Crippen LogP contribution in [0.1, 0.15) is 17.2 Å². The van der Waals surface area contributed by atoms with Crippen molar-refractivity contribution in [2.45, 2.75) is 6.04 Å². The molecule has 0 radical (unpaired) electrons. The van der Waals surface area contributed by atoms with Gasteiger partial charge in [0.2, 0.25) is 0 Å². The molecule has 1 atom stereocenters. The second-order valence-electron chi connectivity index (χ2n) is 4.85. The van der Waals surface area contributed by atoms with Crippen LogP contribution in [-0.4, -0.2) is 12.0 Å². The first-order chi connectivity index (χ1) is 10.2. The molecule has 0 bridgehead atoms. The highest BCUT2D eigenvalue weighted by Gasteiger charge is 2.14. The summed E-state index contributed by atoms with van der Waals surface area (Å²) in [6.45, 7) is 0. The molecule has 0 aliphatic heterocycles. The van der Waals surface area contributed by atoms with Crippen LogP contribution in [0.2, 0.25) is 0 Å². The fraction of sp³-hybridized carbons (Fsp3) is 0.118. The molecule has 2 aromatic carbocycles. The maximum absolute atomic E-state index is 13.4. The molecule has 0 aliphatic rings. The van der Waals surface area contributed by atoms with E-state index >= 15 is 0 Å². The van der Waals surface area contributed by atoms with Crippen LogP contribution >= 0.6 is 15.9 Å². The van der Waals surface area contributed by atoms with E-state index in [4.69, 9.17) is 0 Å². The van der Waals surface area contributed by atoms with E-state index in [0.717, 1.165) is 22.0 Å². The lowest BCUT2D eigenvalue weighted by atomic mass is 9.97. The molecular formula is C17H14BrFN2. The number of hydrogen-bond acceptors (Lipinski definition) is 2. The predicted octanol–water partition coefficient (Wildman–Crippen LogP) is 4.45. The fourth-order valence-corrected chi connectivity index (χ4v) is 2.88. The Morgan fingerprint density at radius 2 is 1.86 bits per heavy atom. The zero-order valence-electron chi connectivity index (χ0n) is 11.5. The largest absolute Gasteiger partial charge is 0.309 e. The van der Waals surface area contributed by atoms with Gasteiger partial charge < -0.3 is 5.32 Å². The van der Waals surface area contributed by atoms with Crippen LogP contribution in [0.3, 0.4) is 0 Å². The fourth-order valence-electron chi connectivity index (χ4n) is 2.48. The monoisotopic (exact) mass is 344 g/mol. The standard InChI is InChI=1S/C17H14BrFN2/c1-20-17(12-6-7-15(19)14(18)9-12)13-5-4-11-3-2-8-21-16(11)10-13/h2-10,17,20H,1H3. The number of fused-ring (bicyclic) bond motifs is 1. The molecule has 0 amide bonds. The summed E-state index contributed by atoms with van der Waals surface area (Å²) in [7, 11) is 1.89. The van der Waals surface area contributed by atoms with Crippen molar-refractivity contribution in [2.24, 2.45) is 0 Å². The van der Waals surface area contributed by atoms with Crippen molar-refractivity contribution in [2.75, 3.05) is 7.05 Å². The van der Waals surface area contributed by atoms with Gasteiger partial charge in [0, 0.05) is 11.6 Å². The second kappa shape index (κ2) is 5.92. The molecule has 106 valence electrons. The van der Waals surface area contributed by atoms with Gasteiger partial charge in [-0.1, -0.05) is 24.3 Å². The molecule has 4 heteroatoms. The van der Waals surface area contributed by atoms with Crippen molar-refractivity contribution in [3.8, 4) is 0 Å². The van der Waals surface area contributed by atoms with E-state index in [1.165, 1.54) is 6.07 Å². The van der Waals surface area contributed by atoms with Gasteiger partial charge in [0.25, 0.3) is 0 Å². The summed E-state index contributed by atoms with van der Waals surface area (Å²) in [5.41, 5.74) is 3.06. The molecule has 3 rings (SSSR count). The average molecular weight is 345 g/mol. The Morgan fingerprint density at radius 1 is 1.10 bits per heavy atom. The normalized spacial score (nSPS) is 12.5. The van der Waals surface area contributed by atoms with Crippen LogP contribution in [-0.2, 0) is 0 Å². The maximum Gasteiger partial charge on any atom is 0.137 e. The number of benzene rings is 2. The van der Waals surface area contributed by atoms with Gasteiger partial charge in [-0.15, -0.1) is 0 Å². The van der Waals surface area contributed by atoms with E-state index in [-0.39, 0.29) is 11.9 Å². The molecule has 0 saturated heterocycles. The van der Waals surface area contributed by atoms with Crippen LogP contribution in [0.5, 0.6) is 0 Å². The molecule has 1 aromatic heterocycles. The Morgan fingerprint density at radius 3 is 2.62 bits per heavy atom. The summed E-state index contributed by atoms with van der Waals surface area (Å²) in [5.74, 6) is -0.256. The lowest BCUT2D eigenvalue weighted by Gasteiger charge is -2.18. The molecule has 1 heterocycles. The third-order valence-corrected chi connectivity index (χ3v) is 4.14. The van der Waals surface area contributed by atoms with E-state index < -0.39 is 0 Å². The van der Waals surface area contributed by atoms with Crippen LogP contribution in [0.25, 0.3) is 10.9 Å². The highest BCUT2D eigenvalue weighted by atomic mass is 79.9. The molecule has 0 aliphatic carbocycles. The van der Waals surface area contributed by atoms with Crippen LogP contribution in [0.4, 0.5) is 4.39 Å². The Balaban J connectivity index is 2.06. The summed E-state index contributed by atoms with van der Waals surface area (Å²) in [4.78, 5) is 4.39. The molecule has 1 N–H and O–H groups in total. The summed E-state index contributed by atoms with van der Waals surface area (Å²) >= 11 is 3.24. The van der Waals surface area contributed by atoms with E-state index in [2.05, 4.69) is 44.4 Å². The molecule has 3 aromatic rings. The van der Waals surface area contributed by atoms with Crippen molar-refractivity contribution in [1.29, 1.82) is 0 Å². The Hall–Kier alpha value is -1.78. The minimum absolute atomic E-state index is 0.00620. The zero-order valence-corrected chi connectivity index (χ0v) is 13.1. The van der Waals surface area contributed by atoms with Gasteiger partial charge in [-0.3, -0.25) is 4.98 Å². The van der Waals surface area contributed by atoms with E-state index in [0.29, 0.717) is 4.47 Å². The Kier molecular flexibility index (Phi) is 3.99. The lowest BCUT2D eigenvalue weighted by Crippen LogP contribution is -2.17. The van der Waals surface area contributed by atoms with Crippen LogP contribution in [0, 0.1) is 5.82 Å². The van der Waals surface area contributed by atoms with E-state index in [1.807, 2.05) is 19.2 Å². The Bertz CT molecular complexity index is 789. The molecule has 2 nitrogen and oxygen atoms in total. The quantitative estimate of drug-likeness (QED) is 0.759. The average Bonchev–Trinajstić information content (AvgIpc) is 2.51. The molecule has 21 heavy (non-hydrogen) atoms. The predicted molar refractivity (Wildman–Crippen MR) is 86.7 cm³/mol. The minimum Gasteiger partial charge on any atom is -0.309 e. The third kappa shape index (κ3) is 2.82. The van der Waals surface area contributed by atoms with E-state index in [1.54, 1.807) is 18.3 Å². The van der Waals surface area contributed by atoms with Gasteiger partial charge >= 0.3 is 0 Å². The van der Waals surface area contributed by atoms with E-state index in [9.17, 15) is 4.39 Å². The number of rotatable bonds is 3. The van der Waals surface area contributed by atoms with Gasteiger partial charge in [0.05, 0.1) is 16.0 Å². The number of pyridine rings is 1. The number of nitrogens with zero attached hydrogens (tertiary/aromatic N) is 1. The van der Waals surface area contributed by atoms with Gasteiger partial charge in [0.15, 0.2) is 0 Å². The number of aromatic nitrogens is 1. The lowest BCUT2D eigenvalue weighted by molar-refractivity contribution is 0.616. The van der Waals surface area contributed by atoms with Gasteiger partial charge in [0.1, 0.15) is 5.82 Å². The second-order valence-corrected chi connectivity index (χ2v) is 5.71. The minimum atomic E-state index is -0.256. The summed E-state index contributed by atoms with van der Waals surface area (Å²) in [5, 5.41) is 4.38. The summed E-state index contributed by atoms with van der Waals surface area (Å²) in [6.07, 6.45) is 1.79. The third-order valence-electron chi connectivity index (χ3n) is 3.53. The zero-order chi connectivity index (χ0) is 14.8. The maximum atomic E-state index is 13.4. The number of halogens is 2. The van der Waals surface area contributed by atoms with Gasteiger partial charge in [-0.2, -0.15) is 0 Å². The van der Waals surface area contributed by atoms with Crippen molar-refractivity contribution in [3.05, 3.63) is 76.1 Å². The number of hydrogen-bond donors (Lipinski definition) is 1. The van der Waals surface area contributed by atoms with Crippen molar-refractivity contribution >= 4 is 26.8 Å². The highest BCUT2D eigenvalue weighted by Crippen LogP contribution is 2.27. The topological polar surface area (TPSA) is 24.9 Å².